The highest BCUT2D eigenvalue weighted by atomic mass is 32.2. The van der Waals surface area contributed by atoms with E-state index in [1.807, 2.05) is 6.92 Å². The summed E-state index contributed by atoms with van der Waals surface area (Å²) < 4.78 is 32.8. The van der Waals surface area contributed by atoms with Crippen LogP contribution >= 0.6 is 0 Å². The monoisotopic (exact) mass is 290 g/mol. The Labute approximate surface area is 112 Å². The number of likely N-dealkylation sites (N-methyl/N-ethyl adjacent to an activating group) is 1. The second-order valence-electron chi connectivity index (χ2n) is 4.00. The van der Waals surface area contributed by atoms with Crippen LogP contribution in [0.3, 0.4) is 0 Å². The largest absolute Gasteiger partial charge is 0.455 e. The Balaban J connectivity index is 2.84. The van der Waals surface area contributed by atoms with Crippen molar-refractivity contribution < 1.29 is 22.4 Å². The molecule has 0 saturated heterocycles. The van der Waals surface area contributed by atoms with Gasteiger partial charge in [0.25, 0.3) is 5.91 Å². The SMILES string of the molecule is CCOCCN(C)C(=O)c1cc(S(N)(=O)=O)c(C)o1. The van der Waals surface area contributed by atoms with Crippen LogP contribution in [0.1, 0.15) is 23.2 Å². The number of hydrogen-bond donors (Lipinski definition) is 1. The molecule has 19 heavy (non-hydrogen) atoms. The number of nitrogens with two attached hydrogens (primary N) is 1. The molecule has 1 heterocycles. The Hall–Kier alpha value is -1.38. The molecule has 1 aromatic heterocycles. The van der Waals surface area contributed by atoms with Crippen molar-refractivity contribution in [3.8, 4) is 0 Å². The van der Waals surface area contributed by atoms with Gasteiger partial charge in [-0.25, -0.2) is 13.6 Å². The minimum atomic E-state index is -3.88. The van der Waals surface area contributed by atoms with E-state index in [2.05, 4.69) is 0 Å². The summed E-state index contributed by atoms with van der Waals surface area (Å²) in [7, 11) is -2.30. The Morgan fingerprint density at radius 1 is 1.53 bits per heavy atom. The first kappa shape index (κ1) is 15.7. The van der Waals surface area contributed by atoms with Crippen molar-refractivity contribution in [2.75, 3.05) is 26.8 Å². The van der Waals surface area contributed by atoms with Crippen LogP contribution in [0.15, 0.2) is 15.4 Å². The van der Waals surface area contributed by atoms with Gasteiger partial charge < -0.3 is 14.1 Å². The van der Waals surface area contributed by atoms with E-state index in [0.29, 0.717) is 19.8 Å². The standard InChI is InChI=1S/C11H18N2O5S/c1-4-17-6-5-13(3)11(14)9-7-10(8(2)18-9)19(12,15)16/h7H,4-6H2,1-3H3,(H2,12,15,16). The summed E-state index contributed by atoms with van der Waals surface area (Å²) in [5.41, 5.74) is 0. The van der Waals surface area contributed by atoms with E-state index in [9.17, 15) is 13.2 Å². The molecule has 2 N–H and O–H groups in total. The molecule has 0 bridgehead atoms. The Bertz CT molecular complexity index is 549. The summed E-state index contributed by atoms with van der Waals surface area (Å²) in [5.74, 6) is -0.373. The maximum Gasteiger partial charge on any atom is 0.289 e. The van der Waals surface area contributed by atoms with Gasteiger partial charge in [-0.15, -0.1) is 0 Å². The van der Waals surface area contributed by atoms with Crippen LogP contribution in [0.25, 0.3) is 0 Å². The van der Waals surface area contributed by atoms with E-state index < -0.39 is 15.9 Å². The molecule has 8 heteroatoms. The number of nitrogens with zero attached hydrogens (tertiary/aromatic N) is 1. The van der Waals surface area contributed by atoms with Gasteiger partial charge in [-0.2, -0.15) is 0 Å². The highest BCUT2D eigenvalue weighted by molar-refractivity contribution is 7.89. The van der Waals surface area contributed by atoms with Gasteiger partial charge in [0, 0.05) is 26.3 Å². The van der Waals surface area contributed by atoms with Crippen LogP contribution in [0, 0.1) is 6.92 Å². The fourth-order valence-corrected chi connectivity index (χ4v) is 2.20. The van der Waals surface area contributed by atoms with E-state index >= 15 is 0 Å². The number of rotatable bonds is 6. The quantitative estimate of drug-likeness (QED) is 0.761. The first-order valence-corrected chi connectivity index (χ1v) is 7.28. The number of amides is 1. The summed E-state index contributed by atoms with van der Waals surface area (Å²) in [6.45, 7) is 4.65. The lowest BCUT2D eigenvalue weighted by molar-refractivity contribution is 0.0680. The van der Waals surface area contributed by atoms with E-state index in [4.69, 9.17) is 14.3 Å². The third kappa shape index (κ3) is 4.05. The Morgan fingerprint density at radius 2 is 2.16 bits per heavy atom. The molecule has 0 saturated carbocycles. The molecule has 0 aliphatic heterocycles. The molecule has 0 aromatic carbocycles. The van der Waals surface area contributed by atoms with Crippen LogP contribution in [0.2, 0.25) is 0 Å². The zero-order chi connectivity index (χ0) is 14.6. The van der Waals surface area contributed by atoms with E-state index in [-0.39, 0.29) is 16.4 Å². The van der Waals surface area contributed by atoms with E-state index in [1.54, 1.807) is 7.05 Å². The van der Waals surface area contributed by atoms with Gasteiger partial charge in [-0.1, -0.05) is 0 Å². The molecular formula is C11H18N2O5S. The summed E-state index contributed by atoms with van der Waals surface area (Å²) in [4.78, 5) is 13.2. The fourth-order valence-electron chi connectivity index (χ4n) is 1.49. The predicted molar refractivity (Wildman–Crippen MR) is 68.3 cm³/mol. The number of ether oxygens (including phenoxy) is 1. The van der Waals surface area contributed by atoms with Gasteiger partial charge in [0.15, 0.2) is 5.76 Å². The molecule has 7 nitrogen and oxygen atoms in total. The van der Waals surface area contributed by atoms with Gasteiger partial charge in [0.05, 0.1) is 6.61 Å². The number of primary sulfonamides is 1. The molecule has 0 unspecified atom stereocenters. The average molecular weight is 290 g/mol. The number of aryl methyl sites for hydroxylation is 1. The zero-order valence-electron chi connectivity index (χ0n) is 11.2. The van der Waals surface area contributed by atoms with E-state index in [0.717, 1.165) is 6.07 Å². The van der Waals surface area contributed by atoms with Crippen molar-refractivity contribution in [2.45, 2.75) is 18.7 Å². The first-order valence-electron chi connectivity index (χ1n) is 5.73. The molecule has 0 fully saturated rings. The van der Waals surface area contributed by atoms with Crippen LogP contribution in [0.5, 0.6) is 0 Å². The minimum Gasteiger partial charge on any atom is -0.455 e. The maximum atomic E-state index is 12.0. The molecule has 1 amide bonds. The molecule has 0 spiro atoms. The van der Waals surface area contributed by atoms with Crippen molar-refractivity contribution in [2.24, 2.45) is 5.14 Å². The molecule has 0 atom stereocenters. The van der Waals surface area contributed by atoms with Crippen molar-refractivity contribution in [3.05, 3.63) is 17.6 Å². The second kappa shape index (κ2) is 6.18. The number of carbonyl (C=O) groups is 1. The smallest absolute Gasteiger partial charge is 0.289 e. The lowest BCUT2D eigenvalue weighted by atomic mass is 10.4. The highest BCUT2D eigenvalue weighted by Crippen LogP contribution is 2.19. The zero-order valence-corrected chi connectivity index (χ0v) is 12.0. The maximum absolute atomic E-state index is 12.0. The van der Waals surface area contributed by atoms with Crippen LogP contribution in [-0.2, 0) is 14.8 Å². The summed E-state index contributed by atoms with van der Waals surface area (Å²) in [6, 6.07) is 1.14. The highest BCUT2D eigenvalue weighted by Gasteiger charge is 2.22. The summed E-state index contributed by atoms with van der Waals surface area (Å²) in [5, 5.41) is 5.01. The second-order valence-corrected chi connectivity index (χ2v) is 5.53. The van der Waals surface area contributed by atoms with Crippen LogP contribution in [-0.4, -0.2) is 46.0 Å². The van der Waals surface area contributed by atoms with Crippen LogP contribution in [0.4, 0.5) is 0 Å². The molecule has 1 aromatic rings. The van der Waals surface area contributed by atoms with Gasteiger partial charge in [0.2, 0.25) is 10.0 Å². The normalized spacial score (nSPS) is 11.6. The van der Waals surface area contributed by atoms with Crippen molar-refractivity contribution in [3.63, 3.8) is 0 Å². The van der Waals surface area contributed by atoms with Crippen molar-refractivity contribution in [1.29, 1.82) is 0 Å². The summed E-state index contributed by atoms with van der Waals surface area (Å²) >= 11 is 0. The number of sulfonamides is 1. The lowest BCUT2D eigenvalue weighted by Crippen LogP contribution is -2.29. The molecule has 0 aliphatic carbocycles. The number of carbonyl (C=O) groups excluding carboxylic acids is 1. The molecule has 1 rings (SSSR count). The van der Waals surface area contributed by atoms with Gasteiger partial charge in [-0.05, 0) is 13.8 Å². The van der Waals surface area contributed by atoms with Gasteiger partial charge in [-0.3, -0.25) is 4.79 Å². The van der Waals surface area contributed by atoms with Gasteiger partial charge in [0.1, 0.15) is 10.7 Å². The number of hydrogen-bond acceptors (Lipinski definition) is 5. The van der Waals surface area contributed by atoms with Crippen molar-refractivity contribution >= 4 is 15.9 Å². The Morgan fingerprint density at radius 3 is 2.63 bits per heavy atom. The Kier molecular flexibility index (Phi) is 5.10. The average Bonchev–Trinajstić information content (AvgIpc) is 2.70. The fraction of sp³-hybridized carbons (Fsp3) is 0.545. The lowest BCUT2D eigenvalue weighted by Gasteiger charge is -2.15. The molecule has 0 radical (unpaired) electrons. The first-order chi connectivity index (χ1) is 8.77. The number of furan rings is 1. The third-order valence-electron chi connectivity index (χ3n) is 2.51. The third-order valence-corrected chi connectivity index (χ3v) is 3.53. The van der Waals surface area contributed by atoms with Crippen LogP contribution < -0.4 is 5.14 Å². The molecular weight excluding hydrogens is 272 g/mol. The summed E-state index contributed by atoms with van der Waals surface area (Å²) in [6.07, 6.45) is 0. The predicted octanol–water partition coefficient (Wildman–Crippen LogP) is 0.344. The van der Waals surface area contributed by atoms with Gasteiger partial charge >= 0.3 is 0 Å². The topological polar surface area (TPSA) is 103 Å². The molecule has 108 valence electrons. The molecule has 0 aliphatic rings. The minimum absolute atomic E-state index is 0.0551. The van der Waals surface area contributed by atoms with E-state index in [1.165, 1.54) is 11.8 Å². The van der Waals surface area contributed by atoms with Crippen molar-refractivity contribution in [1.82, 2.24) is 4.90 Å².